The number of rotatable bonds is 7. The fourth-order valence-electron chi connectivity index (χ4n) is 3.99. The van der Waals surface area contributed by atoms with Gasteiger partial charge in [-0.2, -0.15) is 0 Å². The lowest BCUT2D eigenvalue weighted by Crippen LogP contribution is -2.14. The molecule has 2 aliphatic rings. The molecular formula is C24H28N2O3. The van der Waals surface area contributed by atoms with Gasteiger partial charge in [0.15, 0.2) is 5.69 Å². The van der Waals surface area contributed by atoms with E-state index in [-0.39, 0.29) is 0 Å². The predicted octanol–water partition coefficient (Wildman–Crippen LogP) is 4.49. The van der Waals surface area contributed by atoms with E-state index in [0.717, 1.165) is 44.4 Å². The molecule has 2 heterocycles. The summed E-state index contributed by atoms with van der Waals surface area (Å²) in [6, 6.07) is 6.45. The van der Waals surface area contributed by atoms with Crippen molar-refractivity contribution in [1.29, 1.82) is 0 Å². The smallest absolute Gasteiger partial charge is 0.358 e. The molecule has 1 aliphatic carbocycles. The minimum absolute atomic E-state index is 0.357. The zero-order chi connectivity index (χ0) is 20.2. The van der Waals surface area contributed by atoms with Crippen LogP contribution in [0.1, 0.15) is 77.1 Å². The van der Waals surface area contributed by atoms with Crippen LogP contribution in [0.2, 0.25) is 0 Å². The number of benzene rings is 1. The van der Waals surface area contributed by atoms with Gasteiger partial charge in [-0.25, -0.2) is 9.78 Å². The summed E-state index contributed by atoms with van der Waals surface area (Å²) >= 11 is 0. The molecule has 0 unspecified atom stereocenters. The third-order valence-electron chi connectivity index (χ3n) is 5.68. The highest BCUT2D eigenvalue weighted by Crippen LogP contribution is 2.39. The Bertz CT molecular complexity index is 932. The molecule has 5 nitrogen and oxygen atoms in total. The second kappa shape index (κ2) is 8.87. The van der Waals surface area contributed by atoms with E-state index < -0.39 is 5.97 Å². The number of carbonyl (C=O) groups excluding carboxylic acids is 1. The van der Waals surface area contributed by atoms with Gasteiger partial charge in [-0.1, -0.05) is 37.6 Å². The van der Waals surface area contributed by atoms with E-state index in [1.807, 2.05) is 6.20 Å². The van der Waals surface area contributed by atoms with Gasteiger partial charge in [0.2, 0.25) is 0 Å². The predicted molar refractivity (Wildman–Crippen MR) is 112 cm³/mol. The third kappa shape index (κ3) is 4.40. The summed E-state index contributed by atoms with van der Waals surface area (Å²) in [6.07, 6.45) is 9.83. The van der Waals surface area contributed by atoms with Crippen molar-refractivity contribution in [2.24, 2.45) is 0 Å². The second-order valence-corrected chi connectivity index (χ2v) is 7.78. The SMILES string of the molecule is CCCc1c(Cc2ncc(C3CC3)nc2C(=O)OC)cccc1C1=CCOCC1. The van der Waals surface area contributed by atoms with Crippen molar-refractivity contribution in [2.45, 2.75) is 51.4 Å². The van der Waals surface area contributed by atoms with Gasteiger partial charge in [0.05, 0.1) is 31.7 Å². The van der Waals surface area contributed by atoms with E-state index in [2.05, 4.69) is 41.2 Å². The number of ether oxygens (including phenoxy) is 2. The summed E-state index contributed by atoms with van der Waals surface area (Å²) < 4.78 is 10.5. The molecule has 0 bridgehead atoms. The first-order valence-corrected chi connectivity index (χ1v) is 10.5. The molecule has 0 atom stereocenters. The zero-order valence-corrected chi connectivity index (χ0v) is 17.2. The van der Waals surface area contributed by atoms with E-state index >= 15 is 0 Å². The van der Waals surface area contributed by atoms with Crippen molar-refractivity contribution in [3.05, 3.63) is 64.2 Å². The summed E-state index contributed by atoms with van der Waals surface area (Å²) in [5.74, 6) is 0.0368. The van der Waals surface area contributed by atoms with Crippen LogP contribution in [-0.4, -0.2) is 36.3 Å². The van der Waals surface area contributed by atoms with Gasteiger partial charge in [-0.05, 0) is 47.9 Å². The van der Waals surface area contributed by atoms with Gasteiger partial charge in [0.1, 0.15) is 0 Å². The second-order valence-electron chi connectivity index (χ2n) is 7.78. The first-order chi connectivity index (χ1) is 14.2. The van der Waals surface area contributed by atoms with Crippen molar-refractivity contribution in [1.82, 2.24) is 9.97 Å². The molecule has 0 spiro atoms. The van der Waals surface area contributed by atoms with Crippen molar-refractivity contribution in [2.75, 3.05) is 20.3 Å². The Labute approximate surface area is 172 Å². The summed E-state index contributed by atoms with van der Waals surface area (Å²) in [4.78, 5) is 21.7. The summed E-state index contributed by atoms with van der Waals surface area (Å²) in [5.41, 5.74) is 7.15. The van der Waals surface area contributed by atoms with Crippen molar-refractivity contribution >= 4 is 11.5 Å². The Morgan fingerprint density at radius 3 is 2.86 bits per heavy atom. The van der Waals surface area contributed by atoms with Gasteiger partial charge in [0.25, 0.3) is 0 Å². The molecule has 152 valence electrons. The van der Waals surface area contributed by atoms with E-state index in [1.165, 1.54) is 29.4 Å². The fraction of sp³-hybridized carbons (Fsp3) is 0.458. The van der Waals surface area contributed by atoms with Crippen molar-refractivity contribution in [3.63, 3.8) is 0 Å². The molecule has 1 aromatic heterocycles. The topological polar surface area (TPSA) is 61.3 Å². The monoisotopic (exact) mass is 392 g/mol. The highest BCUT2D eigenvalue weighted by molar-refractivity contribution is 5.88. The quantitative estimate of drug-likeness (QED) is 0.650. The third-order valence-corrected chi connectivity index (χ3v) is 5.68. The average molecular weight is 392 g/mol. The highest BCUT2D eigenvalue weighted by Gasteiger charge is 2.28. The first kappa shape index (κ1) is 19.8. The van der Waals surface area contributed by atoms with Crippen LogP contribution in [0.25, 0.3) is 5.57 Å². The van der Waals surface area contributed by atoms with Gasteiger partial charge in [-0.3, -0.25) is 4.98 Å². The molecule has 29 heavy (non-hydrogen) atoms. The first-order valence-electron chi connectivity index (χ1n) is 10.5. The summed E-state index contributed by atoms with van der Waals surface area (Å²) in [6.45, 7) is 3.64. The number of esters is 1. The van der Waals surface area contributed by atoms with Gasteiger partial charge < -0.3 is 9.47 Å². The van der Waals surface area contributed by atoms with Crippen LogP contribution in [0.3, 0.4) is 0 Å². The van der Waals surface area contributed by atoms with Crippen LogP contribution < -0.4 is 0 Å². The minimum atomic E-state index is -0.407. The molecular weight excluding hydrogens is 364 g/mol. The maximum Gasteiger partial charge on any atom is 0.358 e. The molecule has 1 aromatic carbocycles. The number of aromatic nitrogens is 2. The molecule has 0 amide bonds. The van der Waals surface area contributed by atoms with Crippen LogP contribution in [0.5, 0.6) is 0 Å². The average Bonchev–Trinajstić information content (AvgIpc) is 3.61. The minimum Gasteiger partial charge on any atom is -0.464 e. The van der Waals surface area contributed by atoms with E-state index in [0.29, 0.717) is 30.3 Å². The number of nitrogens with zero attached hydrogens (tertiary/aromatic N) is 2. The van der Waals surface area contributed by atoms with E-state index in [1.54, 1.807) is 0 Å². The normalized spacial score (nSPS) is 16.4. The molecule has 0 N–H and O–H groups in total. The van der Waals surface area contributed by atoms with Crippen LogP contribution in [0.15, 0.2) is 30.5 Å². The number of carbonyl (C=O) groups is 1. The lowest BCUT2D eigenvalue weighted by atomic mass is 9.88. The van der Waals surface area contributed by atoms with E-state index in [4.69, 9.17) is 9.47 Å². The maximum absolute atomic E-state index is 12.4. The van der Waals surface area contributed by atoms with Crippen molar-refractivity contribution < 1.29 is 14.3 Å². The maximum atomic E-state index is 12.4. The molecule has 1 saturated carbocycles. The van der Waals surface area contributed by atoms with Crippen LogP contribution >= 0.6 is 0 Å². The standard InChI is InChI=1S/C24H28N2O3/c1-3-5-19-18(6-4-7-20(19)16-10-12-29-13-11-16)14-21-23(24(27)28-2)26-22(15-25-21)17-8-9-17/h4,6-7,10,15,17H,3,5,8-9,11-14H2,1-2H3. The van der Waals surface area contributed by atoms with E-state index in [9.17, 15) is 4.79 Å². The Kier molecular flexibility index (Phi) is 6.05. The Hall–Kier alpha value is -2.53. The molecule has 4 rings (SSSR count). The number of methoxy groups -OCH3 is 1. The zero-order valence-electron chi connectivity index (χ0n) is 17.2. The lowest BCUT2D eigenvalue weighted by molar-refractivity contribution is 0.0591. The fourth-order valence-corrected chi connectivity index (χ4v) is 3.99. The molecule has 2 aromatic rings. The van der Waals surface area contributed by atoms with Gasteiger partial charge in [-0.15, -0.1) is 0 Å². The van der Waals surface area contributed by atoms with Crippen LogP contribution in [-0.2, 0) is 22.3 Å². The Morgan fingerprint density at radius 2 is 2.17 bits per heavy atom. The lowest BCUT2D eigenvalue weighted by Gasteiger charge is -2.20. The van der Waals surface area contributed by atoms with Gasteiger partial charge >= 0.3 is 5.97 Å². The summed E-state index contributed by atoms with van der Waals surface area (Å²) in [5, 5.41) is 0. The molecule has 5 heteroatoms. The Balaban J connectivity index is 1.72. The molecule has 0 saturated heterocycles. The molecule has 1 fully saturated rings. The Morgan fingerprint density at radius 1 is 1.31 bits per heavy atom. The molecule has 1 aliphatic heterocycles. The molecule has 0 radical (unpaired) electrons. The number of hydrogen-bond acceptors (Lipinski definition) is 5. The van der Waals surface area contributed by atoms with Crippen molar-refractivity contribution in [3.8, 4) is 0 Å². The largest absolute Gasteiger partial charge is 0.464 e. The van der Waals surface area contributed by atoms with Gasteiger partial charge in [0, 0.05) is 18.5 Å². The summed E-state index contributed by atoms with van der Waals surface area (Å²) in [7, 11) is 1.40. The number of hydrogen-bond donors (Lipinski definition) is 0. The van der Waals surface area contributed by atoms with Crippen LogP contribution in [0.4, 0.5) is 0 Å². The van der Waals surface area contributed by atoms with Crippen LogP contribution in [0, 0.1) is 0 Å². The highest BCUT2D eigenvalue weighted by atomic mass is 16.5.